The van der Waals surface area contributed by atoms with E-state index in [2.05, 4.69) is 17.6 Å². The normalized spacial score (nSPS) is 19.8. The highest BCUT2D eigenvalue weighted by molar-refractivity contribution is 6.31. The van der Waals surface area contributed by atoms with Crippen LogP contribution in [0.1, 0.15) is 57.2 Å². The minimum Gasteiger partial charge on any atom is -0.326 e. The Hall–Kier alpha value is -0.730. The van der Waals surface area contributed by atoms with Crippen molar-refractivity contribution in [1.82, 2.24) is 9.55 Å². The van der Waals surface area contributed by atoms with Crippen LogP contribution < -0.4 is 0 Å². The second-order valence-electron chi connectivity index (χ2n) is 6.68. The van der Waals surface area contributed by atoms with Gasteiger partial charge in [0.2, 0.25) is 0 Å². The van der Waals surface area contributed by atoms with E-state index in [-0.39, 0.29) is 5.38 Å². The predicted molar refractivity (Wildman–Crippen MR) is 90.2 cm³/mol. The van der Waals surface area contributed by atoms with Crippen LogP contribution in [0.3, 0.4) is 0 Å². The van der Waals surface area contributed by atoms with Crippen molar-refractivity contribution in [2.75, 3.05) is 0 Å². The van der Waals surface area contributed by atoms with Gasteiger partial charge in [0.05, 0.1) is 16.4 Å². The molecule has 0 spiro atoms. The molecule has 0 saturated heterocycles. The van der Waals surface area contributed by atoms with Gasteiger partial charge in [-0.3, -0.25) is 0 Å². The number of nitrogens with zero attached hydrogens (tertiary/aromatic N) is 2. The first-order valence-electron chi connectivity index (χ1n) is 7.78. The fourth-order valence-corrected chi connectivity index (χ4v) is 3.87. The van der Waals surface area contributed by atoms with Crippen molar-refractivity contribution in [2.24, 2.45) is 5.41 Å². The maximum Gasteiger partial charge on any atom is 0.127 e. The van der Waals surface area contributed by atoms with E-state index >= 15 is 0 Å². The average molecular weight is 325 g/mol. The minimum absolute atomic E-state index is 0.0941. The highest BCUT2D eigenvalue weighted by Crippen LogP contribution is 2.39. The van der Waals surface area contributed by atoms with E-state index in [1.165, 1.54) is 32.1 Å². The molecule has 1 heterocycles. The lowest BCUT2D eigenvalue weighted by atomic mass is 9.75. The van der Waals surface area contributed by atoms with Gasteiger partial charge in [-0.15, -0.1) is 11.6 Å². The fourth-order valence-electron chi connectivity index (χ4n) is 3.54. The van der Waals surface area contributed by atoms with Crippen LogP contribution in [-0.4, -0.2) is 9.55 Å². The zero-order valence-corrected chi connectivity index (χ0v) is 14.2. The summed E-state index contributed by atoms with van der Waals surface area (Å²) in [7, 11) is 0. The molecule has 1 fully saturated rings. The van der Waals surface area contributed by atoms with Crippen LogP contribution in [0.2, 0.25) is 5.02 Å². The van der Waals surface area contributed by atoms with Gasteiger partial charge in [-0.1, -0.05) is 37.8 Å². The Labute approximate surface area is 136 Å². The Kier molecular flexibility index (Phi) is 4.20. The smallest absolute Gasteiger partial charge is 0.127 e. The quantitative estimate of drug-likeness (QED) is 0.637. The van der Waals surface area contributed by atoms with Crippen molar-refractivity contribution in [3.05, 3.63) is 29.0 Å². The Balaban J connectivity index is 2.04. The number of hydrogen-bond donors (Lipinski definition) is 0. The molecule has 4 heteroatoms. The highest BCUT2D eigenvalue weighted by Gasteiger charge is 2.29. The first-order chi connectivity index (χ1) is 9.98. The number of hydrogen-bond acceptors (Lipinski definition) is 1. The van der Waals surface area contributed by atoms with E-state index in [1.54, 1.807) is 0 Å². The topological polar surface area (TPSA) is 17.8 Å². The summed E-state index contributed by atoms with van der Waals surface area (Å²) < 4.78 is 2.31. The molecule has 21 heavy (non-hydrogen) atoms. The van der Waals surface area contributed by atoms with E-state index in [0.29, 0.717) is 5.41 Å². The summed E-state index contributed by atoms with van der Waals surface area (Å²) >= 11 is 12.5. The van der Waals surface area contributed by atoms with E-state index in [0.717, 1.165) is 28.4 Å². The predicted octanol–water partition coefficient (Wildman–Crippen LogP) is 5.96. The van der Waals surface area contributed by atoms with Crippen molar-refractivity contribution in [2.45, 2.75) is 57.9 Å². The molecule has 3 rings (SSSR count). The van der Waals surface area contributed by atoms with Gasteiger partial charge in [0, 0.05) is 11.6 Å². The molecule has 1 aromatic carbocycles. The lowest BCUT2D eigenvalue weighted by Gasteiger charge is -2.34. The van der Waals surface area contributed by atoms with Gasteiger partial charge >= 0.3 is 0 Å². The summed E-state index contributed by atoms with van der Waals surface area (Å²) in [4.78, 5) is 4.72. The second-order valence-corrected chi connectivity index (χ2v) is 7.77. The van der Waals surface area contributed by atoms with Gasteiger partial charge in [-0.25, -0.2) is 4.98 Å². The molecule has 0 bridgehead atoms. The van der Waals surface area contributed by atoms with E-state index in [1.807, 2.05) is 19.1 Å². The van der Waals surface area contributed by atoms with Crippen molar-refractivity contribution in [3.63, 3.8) is 0 Å². The molecule has 0 radical (unpaired) electrons. The molecule has 1 unspecified atom stereocenters. The number of fused-ring (bicyclic) bond motifs is 1. The number of alkyl halides is 1. The van der Waals surface area contributed by atoms with Gasteiger partial charge in [-0.2, -0.15) is 0 Å². The van der Waals surface area contributed by atoms with Crippen LogP contribution in [0.5, 0.6) is 0 Å². The first-order valence-corrected chi connectivity index (χ1v) is 8.60. The Morgan fingerprint density at radius 3 is 2.67 bits per heavy atom. The Morgan fingerprint density at radius 1 is 1.29 bits per heavy atom. The number of rotatable bonds is 3. The molecule has 114 valence electrons. The zero-order chi connectivity index (χ0) is 15.0. The highest BCUT2D eigenvalue weighted by atomic mass is 35.5. The summed E-state index contributed by atoms with van der Waals surface area (Å²) in [6.07, 6.45) is 6.61. The zero-order valence-electron chi connectivity index (χ0n) is 12.7. The maximum absolute atomic E-state index is 6.37. The van der Waals surface area contributed by atoms with Gasteiger partial charge in [0.25, 0.3) is 0 Å². The molecule has 1 atom stereocenters. The van der Waals surface area contributed by atoms with Crippen LogP contribution >= 0.6 is 23.2 Å². The van der Waals surface area contributed by atoms with E-state index < -0.39 is 0 Å². The SMILES string of the molecule is CC(Cl)c1nc2cc(Cl)ccc2n1CC1(C)CCCCC1. The molecule has 1 aliphatic carbocycles. The third-order valence-corrected chi connectivity index (χ3v) is 5.13. The third kappa shape index (κ3) is 3.07. The first kappa shape index (κ1) is 15.2. The molecule has 1 aliphatic rings. The number of imidazole rings is 1. The van der Waals surface area contributed by atoms with Crippen LogP contribution in [-0.2, 0) is 6.54 Å². The van der Waals surface area contributed by atoms with Crippen LogP contribution in [0.15, 0.2) is 18.2 Å². The molecule has 1 aromatic heterocycles. The average Bonchev–Trinajstić information content (AvgIpc) is 2.77. The lowest BCUT2D eigenvalue weighted by molar-refractivity contribution is 0.183. The summed E-state index contributed by atoms with van der Waals surface area (Å²) in [5.41, 5.74) is 2.45. The molecule has 1 saturated carbocycles. The number of aromatic nitrogens is 2. The standard InChI is InChI=1S/C17H22Cl2N2/c1-12(18)16-20-14-10-13(19)6-7-15(14)21(16)11-17(2)8-4-3-5-9-17/h6-7,10,12H,3-5,8-9,11H2,1-2H3. The van der Waals surface area contributed by atoms with Crippen molar-refractivity contribution < 1.29 is 0 Å². The summed E-state index contributed by atoms with van der Waals surface area (Å²) in [6, 6.07) is 5.94. The number of halogens is 2. The fraction of sp³-hybridized carbons (Fsp3) is 0.588. The molecule has 0 aliphatic heterocycles. The van der Waals surface area contributed by atoms with Crippen LogP contribution in [0.25, 0.3) is 11.0 Å². The van der Waals surface area contributed by atoms with Crippen LogP contribution in [0.4, 0.5) is 0 Å². The van der Waals surface area contributed by atoms with Crippen molar-refractivity contribution >= 4 is 34.2 Å². The monoisotopic (exact) mass is 324 g/mol. The minimum atomic E-state index is -0.0941. The number of benzene rings is 1. The van der Waals surface area contributed by atoms with Crippen LogP contribution in [0, 0.1) is 5.41 Å². The van der Waals surface area contributed by atoms with Crippen molar-refractivity contribution in [1.29, 1.82) is 0 Å². The third-order valence-electron chi connectivity index (χ3n) is 4.70. The lowest BCUT2D eigenvalue weighted by Crippen LogP contribution is -2.27. The van der Waals surface area contributed by atoms with E-state index in [9.17, 15) is 0 Å². The summed E-state index contributed by atoms with van der Waals surface area (Å²) in [5.74, 6) is 0.959. The van der Waals surface area contributed by atoms with E-state index in [4.69, 9.17) is 28.2 Å². The summed E-state index contributed by atoms with van der Waals surface area (Å²) in [5, 5.41) is 0.633. The molecular formula is C17H22Cl2N2. The van der Waals surface area contributed by atoms with Gasteiger partial charge in [0.1, 0.15) is 5.82 Å². The molecule has 2 aromatic rings. The summed E-state index contributed by atoms with van der Waals surface area (Å²) in [6.45, 7) is 5.39. The molecular weight excluding hydrogens is 303 g/mol. The Morgan fingerprint density at radius 2 is 2.00 bits per heavy atom. The molecule has 0 amide bonds. The largest absolute Gasteiger partial charge is 0.326 e. The van der Waals surface area contributed by atoms with Gasteiger partial charge in [-0.05, 0) is 43.4 Å². The molecule has 2 nitrogen and oxygen atoms in total. The second kappa shape index (κ2) is 5.81. The molecule has 0 N–H and O–H groups in total. The Bertz CT molecular complexity index is 640. The van der Waals surface area contributed by atoms with Crippen molar-refractivity contribution in [3.8, 4) is 0 Å². The van der Waals surface area contributed by atoms with Gasteiger partial charge in [0.15, 0.2) is 0 Å². The maximum atomic E-state index is 6.37. The van der Waals surface area contributed by atoms with Gasteiger partial charge < -0.3 is 4.57 Å².